The number of anilines is 1. The number of ether oxygens (including phenoxy) is 3. The molecule has 1 N–H and O–H groups in total. The van der Waals surface area contributed by atoms with Gasteiger partial charge in [0.1, 0.15) is 34.4 Å². The van der Waals surface area contributed by atoms with Crippen molar-refractivity contribution in [3.63, 3.8) is 0 Å². The number of nitrogens with zero attached hydrogens (tertiary/aromatic N) is 3. The van der Waals surface area contributed by atoms with E-state index in [0.29, 0.717) is 28.4 Å². The first kappa shape index (κ1) is 26.6. The lowest BCUT2D eigenvalue weighted by Gasteiger charge is -2.12. The highest BCUT2D eigenvalue weighted by Gasteiger charge is 2.18. The monoisotopic (exact) mass is 524 g/mol. The van der Waals surface area contributed by atoms with Crippen LogP contribution in [0.1, 0.15) is 28.4 Å². The summed E-state index contributed by atoms with van der Waals surface area (Å²) in [6.45, 7) is 3.74. The Bertz CT molecular complexity index is 1670. The number of fused-ring (bicyclic) bond motifs is 1. The number of amides is 1. The number of nitriles is 1. The van der Waals surface area contributed by atoms with Crippen LogP contribution >= 0.6 is 0 Å². The van der Waals surface area contributed by atoms with Gasteiger partial charge in [0.25, 0.3) is 11.5 Å². The van der Waals surface area contributed by atoms with Gasteiger partial charge >= 0.3 is 5.97 Å². The quantitative estimate of drug-likeness (QED) is 0.202. The molecule has 0 unspecified atom stereocenters. The minimum Gasteiger partial charge on any atom is -0.497 e. The molecule has 39 heavy (non-hydrogen) atoms. The van der Waals surface area contributed by atoms with Gasteiger partial charge in [-0.3, -0.25) is 14.0 Å². The van der Waals surface area contributed by atoms with Crippen LogP contribution in [0.15, 0.2) is 77.2 Å². The molecule has 10 heteroatoms. The van der Waals surface area contributed by atoms with Crippen molar-refractivity contribution in [1.29, 1.82) is 5.26 Å². The first-order chi connectivity index (χ1) is 18.8. The highest BCUT2D eigenvalue weighted by molar-refractivity contribution is 6.10. The van der Waals surface area contributed by atoms with E-state index in [1.54, 1.807) is 56.4 Å². The SMILES string of the molecule is CCOC(=O)c1ccc(NC(=O)/C(C#N)=C\c2c(Oc3ccc(OC)cc3)nc3c(C)cccn3c2=O)cc1. The largest absolute Gasteiger partial charge is 0.497 e. The fraction of sp³-hybridized carbons (Fsp3) is 0.138. The molecule has 196 valence electrons. The number of rotatable bonds is 8. The Labute approximate surface area is 223 Å². The third kappa shape index (κ3) is 5.94. The molecule has 0 bridgehead atoms. The van der Waals surface area contributed by atoms with Crippen LogP contribution in [0.2, 0.25) is 0 Å². The van der Waals surface area contributed by atoms with Gasteiger partial charge in [-0.05, 0) is 80.1 Å². The first-order valence-corrected chi connectivity index (χ1v) is 11.9. The molecule has 4 rings (SSSR count). The van der Waals surface area contributed by atoms with E-state index in [9.17, 15) is 19.6 Å². The van der Waals surface area contributed by atoms with Crippen molar-refractivity contribution < 1.29 is 23.8 Å². The van der Waals surface area contributed by atoms with Gasteiger partial charge in [-0.2, -0.15) is 10.2 Å². The number of aromatic nitrogens is 2. The summed E-state index contributed by atoms with van der Waals surface area (Å²) in [5.41, 5.74) is 0.798. The molecular weight excluding hydrogens is 500 g/mol. The number of benzene rings is 2. The van der Waals surface area contributed by atoms with E-state index in [1.807, 2.05) is 6.07 Å². The third-order valence-electron chi connectivity index (χ3n) is 5.63. The molecule has 10 nitrogen and oxygen atoms in total. The van der Waals surface area contributed by atoms with Gasteiger partial charge in [-0.15, -0.1) is 0 Å². The van der Waals surface area contributed by atoms with E-state index >= 15 is 0 Å². The molecule has 0 saturated carbocycles. The van der Waals surface area contributed by atoms with Crippen molar-refractivity contribution in [2.75, 3.05) is 19.0 Å². The molecule has 0 spiro atoms. The van der Waals surface area contributed by atoms with Crippen LogP contribution in [0, 0.1) is 18.3 Å². The molecule has 0 atom stereocenters. The van der Waals surface area contributed by atoms with Crippen molar-refractivity contribution >= 4 is 29.3 Å². The second-order valence-electron chi connectivity index (χ2n) is 8.22. The summed E-state index contributed by atoms with van der Waals surface area (Å²) < 4.78 is 17.4. The lowest BCUT2D eigenvalue weighted by atomic mass is 10.1. The molecule has 1 amide bonds. The summed E-state index contributed by atoms with van der Waals surface area (Å²) in [4.78, 5) is 42.8. The minimum absolute atomic E-state index is 0.0705. The standard InChI is InChI=1S/C29H24N4O6/c1-4-38-29(36)19-7-9-21(10-8-19)31-26(34)20(17-30)16-24-27(39-23-13-11-22(37-3)12-14-23)32-25-18(2)6-5-15-33(25)28(24)35/h5-16H,4H2,1-3H3,(H,31,34)/b20-16-. The predicted octanol–water partition coefficient (Wildman–Crippen LogP) is 4.53. The third-order valence-corrected chi connectivity index (χ3v) is 5.63. The Morgan fingerprint density at radius 2 is 1.77 bits per heavy atom. The Hall–Kier alpha value is -5.43. The van der Waals surface area contributed by atoms with Crippen molar-refractivity contribution in [2.45, 2.75) is 13.8 Å². The van der Waals surface area contributed by atoms with Crippen LogP contribution in [0.4, 0.5) is 5.69 Å². The molecule has 0 radical (unpaired) electrons. The molecule has 0 aliphatic rings. The Morgan fingerprint density at radius 3 is 2.41 bits per heavy atom. The topological polar surface area (TPSA) is 132 Å². The van der Waals surface area contributed by atoms with Gasteiger partial charge < -0.3 is 19.5 Å². The summed E-state index contributed by atoms with van der Waals surface area (Å²) in [7, 11) is 1.54. The van der Waals surface area contributed by atoms with E-state index in [0.717, 1.165) is 11.6 Å². The van der Waals surface area contributed by atoms with Gasteiger partial charge in [0.05, 0.1) is 19.3 Å². The number of pyridine rings is 1. The number of hydrogen-bond acceptors (Lipinski definition) is 8. The van der Waals surface area contributed by atoms with Gasteiger partial charge in [0.2, 0.25) is 5.88 Å². The lowest BCUT2D eigenvalue weighted by molar-refractivity contribution is -0.112. The Morgan fingerprint density at radius 1 is 1.08 bits per heavy atom. The molecule has 2 heterocycles. The maximum Gasteiger partial charge on any atom is 0.338 e. The Kier molecular flexibility index (Phi) is 8.02. The number of carbonyl (C=O) groups excluding carboxylic acids is 2. The van der Waals surface area contributed by atoms with Crippen LogP contribution in [0.5, 0.6) is 17.4 Å². The summed E-state index contributed by atoms with van der Waals surface area (Å²) in [6.07, 6.45) is 2.69. The maximum absolute atomic E-state index is 13.5. The van der Waals surface area contributed by atoms with E-state index in [-0.39, 0.29) is 23.6 Å². The van der Waals surface area contributed by atoms with Crippen LogP contribution in [0.25, 0.3) is 11.7 Å². The smallest absolute Gasteiger partial charge is 0.338 e. The molecular formula is C29H24N4O6. The van der Waals surface area contributed by atoms with Crippen molar-refractivity contribution in [1.82, 2.24) is 9.38 Å². The summed E-state index contributed by atoms with van der Waals surface area (Å²) in [5, 5.41) is 12.4. The number of hydrogen-bond donors (Lipinski definition) is 1. The molecule has 0 fully saturated rings. The number of esters is 1. The lowest BCUT2D eigenvalue weighted by Crippen LogP contribution is -2.20. The van der Waals surface area contributed by atoms with E-state index < -0.39 is 17.4 Å². The summed E-state index contributed by atoms with van der Waals surface area (Å²) in [5.74, 6) is -0.329. The second kappa shape index (κ2) is 11.7. The van der Waals surface area contributed by atoms with E-state index in [4.69, 9.17) is 14.2 Å². The van der Waals surface area contributed by atoms with Gasteiger partial charge in [-0.25, -0.2) is 4.79 Å². The van der Waals surface area contributed by atoms with Gasteiger partial charge in [-0.1, -0.05) is 6.07 Å². The maximum atomic E-state index is 13.5. The number of methoxy groups -OCH3 is 1. The average Bonchev–Trinajstić information content (AvgIpc) is 2.94. The van der Waals surface area contributed by atoms with Crippen LogP contribution in [0.3, 0.4) is 0 Å². The van der Waals surface area contributed by atoms with Crippen LogP contribution < -0.4 is 20.3 Å². The van der Waals surface area contributed by atoms with Crippen LogP contribution in [-0.2, 0) is 9.53 Å². The fourth-order valence-electron chi connectivity index (χ4n) is 3.64. The van der Waals surface area contributed by atoms with Crippen molar-refractivity contribution in [2.24, 2.45) is 0 Å². The Balaban J connectivity index is 1.72. The zero-order valence-electron chi connectivity index (χ0n) is 21.4. The summed E-state index contributed by atoms with van der Waals surface area (Å²) >= 11 is 0. The number of aryl methyl sites for hydroxylation is 1. The van der Waals surface area contributed by atoms with Gasteiger partial charge in [0, 0.05) is 11.9 Å². The molecule has 0 aliphatic carbocycles. The zero-order chi connectivity index (χ0) is 27.9. The fourth-order valence-corrected chi connectivity index (χ4v) is 3.64. The van der Waals surface area contributed by atoms with Gasteiger partial charge in [0.15, 0.2) is 0 Å². The average molecular weight is 525 g/mol. The second-order valence-corrected chi connectivity index (χ2v) is 8.22. The highest BCUT2D eigenvalue weighted by atomic mass is 16.5. The minimum atomic E-state index is -0.759. The molecule has 4 aromatic rings. The van der Waals surface area contributed by atoms with Crippen molar-refractivity contribution in [3.05, 3.63) is 99.5 Å². The molecule has 2 aromatic carbocycles. The predicted molar refractivity (Wildman–Crippen MR) is 144 cm³/mol. The normalized spacial score (nSPS) is 11.0. The summed E-state index contributed by atoms with van der Waals surface area (Å²) in [6, 6.07) is 18.0. The highest BCUT2D eigenvalue weighted by Crippen LogP contribution is 2.26. The van der Waals surface area contributed by atoms with Crippen LogP contribution in [-0.4, -0.2) is 35.0 Å². The zero-order valence-corrected chi connectivity index (χ0v) is 21.4. The van der Waals surface area contributed by atoms with Crippen molar-refractivity contribution in [3.8, 4) is 23.4 Å². The number of carbonyl (C=O) groups is 2. The molecule has 0 aliphatic heterocycles. The molecule has 2 aromatic heterocycles. The van der Waals surface area contributed by atoms with E-state index in [2.05, 4.69) is 10.3 Å². The molecule has 0 saturated heterocycles. The van der Waals surface area contributed by atoms with E-state index in [1.165, 1.54) is 35.8 Å². The first-order valence-electron chi connectivity index (χ1n) is 11.9. The number of nitrogens with one attached hydrogen (secondary N) is 1.